The number of alkyl halides is 3. The molecule has 138 valence electrons. The zero-order valence-electron chi connectivity index (χ0n) is 13.8. The SMILES string of the molecule is COc1ccnc(C[S@+]([O-])c2nc3cc(OC(F)(F)F)ccc3[nH]2)c1C. The van der Waals surface area contributed by atoms with E-state index in [-0.39, 0.29) is 22.2 Å². The van der Waals surface area contributed by atoms with Gasteiger partial charge < -0.3 is 14.0 Å². The number of fused-ring (bicyclic) bond motifs is 1. The first-order chi connectivity index (χ1) is 12.3. The van der Waals surface area contributed by atoms with Gasteiger partial charge in [0.1, 0.15) is 11.5 Å². The Morgan fingerprint density at radius 3 is 2.73 bits per heavy atom. The van der Waals surface area contributed by atoms with Crippen molar-refractivity contribution in [2.75, 3.05) is 7.11 Å². The molecule has 1 aromatic carbocycles. The Hall–Kier alpha value is -2.46. The summed E-state index contributed by atoms with van der Waals surface area (Å²) in [4.78, 5) is 11.2. The smallest absolute Gasteiger partial charge is 0.573 e. The molecule has 2 heterocycles. The fourth-order valence-corrected chi connectivity index (χ4v) is 3.49. The van der Waals surface area contributed by atoms with E-state index in [4.69, 9.17) is 4.74 Å². The lowest BCUT2D eigenvalue weighted by molar-refractivity contribution is -0.274. The van der Waals surface area contributed by atoms with Crippen molar-refractivity contribution in [1.82, 2.24) is 15.0 Å². The highest BCUT2D eigenvalue weighted by molar-refractivity contribution is 7.90. The highest BCUT2D eigenvalue weighted by Crippen LogP contribution is 2.27. The quantitative estimate of drug-likeness (QED) is 0.680. The number of aromatic amines is 1. The van der Waals surface area contributed by atoms with Gasteiger partial charge in [0, 0.05) is 29.0 Å². The minimum absolute atomic E-state index is 0.0920. The number of hydrogen-bond donors (Lipinski definition) is 1. The van der Waals surface area contributed by atoms with Crippen molar-refractivity contribution in [2.45, 2.75) is 24.2 Å². The topological polar surface area (TPSA) is 83.1 Å². The first-order valence-electron chi connectivity index (χ1n) is 7.39. The molecule has 0 saturated carbocycles. The molecule has 0 aliphatic carbocycles. The predicted octanol–water partition coefficient (Wildman–Crippen LogP) is 3.48. The van der Waals surface area contributed by atoms with Gasteiger partial charge in [0.15, 0.2) is 5.75 Å². The number of nitrogens with one attached hydrogen (secondary N) is 1. The van der Waals surface area contributed by atoms with Gasteiger partial charge in [0.2, 0.25) is 0 Å². The van der Waals surface area contributed by atoms with Crippen molar-refractivity contribution >= 4 is 22.2 Å². The van der Waals surface area contributed by atoms with Crippen LogP contribution in [0.15, 0.2) is 35.6 Å². The number of ether oxygens (including phenoxy) is 2. The fourth-order valence-electron chi connectivity index (χ4n) is 2.39. The van der Waals surface area contributed by atoms with Crippen LogP contribution in [0.2, 0.25) is 0 Å². The molecule has 3 aromatic rings. The zero-order chi connectivity index (χ0) is 18.9. The standard InChI is InChI=1S/C16H14F3N3O3S/c1-9-13(20-6-5-14(9)24-2)8-26(23)15-21-11-4-3-10(7-12(11)22-15)25-16(17,18)19/h3-7H,8H2,1-2H3,(H,21,22)/t26-/m0/s1. The number of rotatable bonds is 5. The van der Waals surface area contributed by atoms with Crippen molar-refractivity contribution in [2.24, 2.45) is 0 Å². The third-order valence-electron chi connectivity index (χ3n) is 3.63. The maximum Gasteiger partial charge on any atom is 0.573 e. The number of hydrogen-bond acceptors (Lipinski definition) is 5. The van der Waals surface area contributed by atoms with Crippen LogP contribution >= 0.6 is 0 Å². The second-order valence-corrected chi connectivity index (χ2v) is 6.71. The lowest BCUT2D eigenvalue weighted by atomic mass is 10.2. The Labute approximate surface area is 149 Å². The maximum atomic E-state index is 12.6. The van der Waals surface area contributed by atoms with Crippen LogP contribution in [-0.2, 0) is 16.9 Å². The van der Waals surface area contributed by atoms with E-state index in [1.807, 2.05) is 0 Å². The molecule has 10 heteroatoms. The summed E-state index contributed by atoms with van der Waals surface area (Å²) in [5.74, 6) is 0.332. The number of methoxy groups -OCH3 is 1. The number of aromatic nitrogens is 3. The van der Waals surface area contributed by atoms with E-state index < -0.39 is 17.5 Å². The van der Waals surface area contributed by atoms with Crippen molar-refractivity contribution in [3.8, 4) is 11.5 Å². The molecule has 26 heavy (non-hydrogen) atoms. The third kappa shape index (κ3) is 4.02. The van der Waals surface area contributed by atoms with E-state index in [1.165, 1.54) is 13.2 Å². The molecule has 0 amide bonds. The Bertz CT molecular complexity index is 930. The predicted molar refractivity (Wildman–Crippen MR) is 88.4 cm³/mol. The van der Waals surface area contributed by atoms with Gasteiger partial charge in [-0.3, -0.25) is 9.97 Å². The number of imidazole rings is 1. The van der Waals surface area contributed by atoms with Gasteiger partial charge >= 0.3 is 11.5 Å². The van der Waals surface area contributed by atoms with Crippen LogP contribution < -0.4 is 9.47 Å². The van der Waals surface area contributed by atoms with Crippen LogP contribution in [0, 0.1) is 6.92 Å². The van der Waals surface area contributed by atoms with Gasteiger partial charge in [-0.1, -0.05) is 0 Å². The van der Waals surface area contributed by atoms with E-state index in [0.717, 1.165) is 17.7 Å². The van der Waals surface area contributed by atoms with Crippen molar-refractivity contribution < 1.29 is 27.2 Å². The summed E-state index contributed by atoms with van der Waals surface area (Å²) in [6.45, 7) is 1.80. The molecule has 0 unspecified atom stereocenters. The Kier molecular flexibility index (Phi) is 4.97. The van der Waals surface area contributed by atoms with E-state index in [1.54, 1.807) is 19.2 Å². The molecule has 0 spiro atoms. The molecular formula is C16H14F3N3O3S. The van der Waals surface area contributed by atoms with Crippen LogP contribution in [0.1, 0.15) is 11.3 Å². The summed E-state index contributed by atoms with van der Waals surface area (Å²) in [6.07, 6.45) is -3.23. The van der Waals surface area contributed by atoms with Gasteiger partial charge in [-0.25, -0.2) is 0 Å². The first kappa shape index (κ1) is 18.3. The molecule has 0 fully saturated rings. The zero-order valence-corrected chi connectivity index (χ0v) is 14.6. The summed E-state index contributed by atoms with van der Waals surface area (Å²) >= 11 is -1.56. The fraction of sp³-hybridized carbons (Fsp3) is 0.250. The normalized spacial score (nSPS) is 13.0. The monoisotopic (exact) mass is 385 g/mol. The van der Waals surface area contributed by atoms with E-state index >= 15 is 0 Å². The van der Waals surface area contributed by atoms with E-state index in [2.05, 4.69) is 19.7 Å². The number of pyridine rings is 1. The van der Waals surface area contributed by atoms with Gasteiger partial charge in [-0.15, -0.1) is 13.2 Å². The van der Waals surface area contributed by atoms with Gasteiger partial charge in [0.05, 0.1) is 23.8 Å². The van der Waals surface area contributed by atoms with Gasteiger partial charge in [-0.05, 0) is 25.1 Å². The van der Waals surface area contributed by atoms with E-state index in [0.29, 0.717) is 17.0 Å². The van der Waals surface area contributed by atoms with Crippen LogP contribution in [0.5, 0.6) is 11.5 Å². The molecule has 0 radical (unpaired) electrons. The summed E-state index contributed by atoms with van der Waals surface area (Å²) in [5.41, 5.74) is 2.04. The molecule has 1 N–H and O–H groups in total. The molecule has 2 aromatic heterocycles. The molecule has 3 rings (SSSR count). The van der Waals surface area contributed by atoms with Crippen LogP contribution in [-0.4, -0.2) is 33.0 Å². The summed E-state index contributed by atoms with van der Waals surface area (Å²) in [7, 11) is 1.53. The van der Waals surface area contributed by atoms with Crippen molar-refractivity contribution in [1.29, 1.82) is 0 Å². The van der Waals surface area contributed by atoms with Gasteiger partial charge in [-0.2, -0.15) is 4.98 Å². The largest absolute Gasteiger partial charge is 0.609 e. The summed E-state index contributed by atoms with van der Waals surface area (Å²) in [5, 5.41) is 0.146. The van der Waals surface area contributed by atoms with Crippen LogP contribution in [0.25, 0.3) is 11.0 Å². The summed E-state index contributed by atoms with van der Waals surface area (Å²) < 4.78 is 58.5. The maximum absolute atomic E-state index is 12.6. The number of H-pyrrole nitrogens is 1. The molecule has 0 saturated heterocycles. The number of benzene rings is 1. The lowest BCUT2D eigenvalue weighted by Crippen LogP contribution is -2.16. The van der Waals surface area contributed by atoms with Crippen LogP contribution in [0.3, 0.4) is 0 Å². The highest BCUT2D eigenvalue weighted by atomic mass is 32.2. The second kappa shape index (κ2) is 7.04. The van der Waals surface area contributed by atoms with E-state index in [9.17, 15) is 17.7 Å². The molecule has 1 atom stereocenters. The molecule has 0 aliphatic rings. The molecule has 0 bridgehead atoms. The number of halogens is 3. The Morgan fingerprint density at radius 2 is 2.04 bits per heavy atom. The van der Waals surface area contributed by atoms with Crippen LogP contribution in [0.4, 0.5) is 13.2 Å². The molecular weight excluding hydrogens is 371 g/mol. The first-order valence-corrected chi connectivity index (χ1v) is 8.71. The van der Waals surface area contributed by atoms with Crippen molar-refractivity contribution in [3.63, 3.8) is 0 Å². The summed E-state index contributed by atoms with van der Waals surface area (Å²) in [6, 6.07) is 5.38. The molecule has 6 nitrogen and oxygen atoms in total. The van der Waals surface area contributed by atoms with Crippen molar-refractivity contribution in [3.05, 3.63) is 41.7 Å². The van der Waals surface area contributed by atoms with Gasteiger partial charge in [0.25, 0.3) is 0 Å². The Balaban J connectivity index is 1.83. The lowest BCUT2D eigenvalue weighted by Gasteiger charge is -2.10. The minimum atomic E-state index is -4.79. The third-order valence-corrected chi connectivity index (χ3v) is 4.79. The molecule has 0 aliphatic heterocycles. The number of nitrogens with zero attached hydrogens (tertiary/aromatic N) is 2. The highest BCUT2D eigenvalue weighted by Gasteiger charge is 2.31. The minimum Gasteiger partial charge on any atom is -0.609 e. The average Bonchev–Trinajstić information content (AvgIpc) is 2.98. The average molecular weight is 385 g/mol. The Morgan fingerprint density at radius 1 is 1.27 bits per heavy atom. The second-order valence-electron chi connectivity index (χ2n) is 5.34.